The number of piperazine rings is 1. The fourth-order valence-electron chi connectivity index (χ4n) is 5.69. The summed E-state index contributed by atoms with van der Waals surface area (Å²) in [5, 5.41) is 6.26. The first kappa shape index (κ1) is 31.5. The molecule has 1 fully saturated rings. The molecule has 0 aromatic heterocycles. The molecule has 4 N–H and O–H groups in total. The largest absolute Gasteiger partial charge is 0.342 e. The summed E-state index contributed by atoms with van der Waals surface area (Å²) in [6.45, 7) is 6.50. The highest BCUT2D eigenvalue weighted by atomic mass is 35.5. The van der Waals surface area contributed by atoms with Crippen molar-refractivity contribution in [2.45, 2.75) is 64.2 Å². The molecule has 226 valence electrons. The van der Waals surface area contributed by atoms with E-state index in [-0.39, 0.29) is 50.2 Å². The van der Waals surface area contributed by atoms with Gasteiger partial charge in [0.05, 0.1) is 0 Å². The van der Waals surface area contributed by atoms with Gasteiger partial charge in [-0.15, -0.1) is 0 Å². The lowest BCUT2D eigenvalue weighted by Crippen LogP contribution is -2.56. The van der Waals surface area contributed by atoms with Crippen LogP contribution in [0, 0.1) is 6.92 Å². The number of halogens is 1. The number of carbonyl (C=O) groups is 4. The Morgan fingerprint density at radius 2 is 1.71 bits per heavy atom. The van der Waals surface area contributed by atoms with E-state index in [9.17, 15) is 19.2 Å². The molecule has 0 spiro atoms. The molecule has 11 heteroatoms. The number of fused-ring (bicyclic) bond motifs is 1. The average molecular weight is 597 g/mol. The third kappa shape index (κ3) is 7.67. The van der Waals surface area contributed by atoms with Crippen molar-refractivity contribution in [3.8, 4) is 0 Å². The molecule has 1 saturated heterocycles. The molecule has 10 nitrogen and oxygen atoms in total. The molecular weight excluding hydrogens is 556 g/mol. The minimum absolute atomic E-state index is 0.00642. The Kier molecular flexibility index (Phi) is 10.6. The van der Waals surface area contributed by atoms with Gasteiger partial charge < -0.3 is 31.1 Å². The number of nitrogens with zero attached hydrogens (tertiary/aromatic N) is 3. The summed E-state index contributed by atoms with van der Waals surface area (Å²) in [6.07, 6.45) is 0.619. The number of nitrogens with one attached hydrogen (secondary N) is 2. The average Bonchev–Trinajstić information content (AvgIpc) is 2.96. The number of anilines is 1. The number of likely N-dealkylation sites (N-methyl/N-ethyl adjacent to an activating group) is 1. The van der Waals surface area contributed by atoms with E-state index < -0.39 is 23.9 Å². The SMILES string of the molecule is Cc1cc(NC(=O)[C@H](CCN)NC(=O)[C@@H]2Cc3ccccc3CN2C(=O)CCC(=O)N2CCN(C)C[C@@H]2C)ccc1Cl. The number of hydrogen-bond acceptors (Lipinski definition) is 6. The van der Waals surface area contributed by atoms with Crippen LogP contribution in [-0.2, 0) is 32.1 Å². The van der Waals surface area contributed by atoms with Crippen LogP contribution in [-0.4, -0.2) is 89.7 Å². The highest BCUT2D eigenvalue weighted by Gasteiger charge is 2.36. The third-order valence-corrected chi connectivity index (χ3v) is 8.51. The highest BCUT2D eigenvalue weighted by Crippen LogP contribution is 2.25. The fourth-order valence-corrected chi connectivity index (χ4v) is 5.80. The van der Waals surface area contributed by atoms with Gasteiger partial charge in [-0.2, -0.15) is 0 Å². The predicted molar refractivity (Wildman–Crippen MR) is 163 cm³/mol. The van der Waals surface area contributed by atoms with Crippen molar-refractivity contribution in [3.63, 3.8) is 0 Å². The molecule has 0 bridgehead atoms. The Morgan fingerprint density at radius 1 is 1.02 bits per heavy atom. The lowest BCUT2D eigenvalue weighted by Gasteiger charge is -2.39. The van der Waals surface area contributed by atoms with Crippen LogP contribution in [0.5, 0.6) is 0 Å². The molecule has 2 aliphatic rings. The van der Waals surface area contributed by atoms with Gasteiger partial charge in [0, 0.05) is 62.2 Å². The second-order valence-electron chi connectivity index (χ2n) is 11.3. The van der Waals surface area contributed by atoms with Crippen molar-refractivity contribution in [1.82, 2.24) is 20.0 Å². The highest BCUT2D eigenvalue weighted by molar-refractivity contribution is 6.31. The van der Waals surface area contributed by atoms with Crippen molar-refractivity contribution >= 4 is 40.9 Å². The lowest BCUT2D eigenvalue weighted by atomic mass is 9.92. The first-order chi connectivity index (χ1) is 20.1. The molecule has 0 unspecified atom stereocenters. The number of hydrogen-bond donors (Lipinski definition) is 3. The van der Waals surface area contributed by atoms with Crippen LogP contribution < -0.4 is 16.4 Å². The van der Waals surface area contributed by atoms with Crippen molar-refractivity contribution in [1.29, 1.82) is 0 Å². The summed E-state index contributed by atoms with van der Waals surface area (Å²) in [5.41, 5.74) is 9.09. The van der Waals surface area contributed by atoms with E-state index in [0.29, 0.717) is 23.7 Å². The molecule has 2 aliphatic heterocycles. The molecule has 2 aromatic carbocycles. The Labute approximate surface area is 252 Å². The summed E-state index contributed by atoms with van der Waals surface area (Å²) in [6, 6.07) is 11.2. The minimum Gasteiger partial charge on any atom is -0.342 e. The van der Waals surface area contributed by atoms with Gasteiger partial charge in [-0.05, 0) is 68.8 Å². The molecule has 3 atom stereocenters. The van der Waals surface area contributed by atoms with Gasteiger partial charge >= 0.3 is 0 Å². The maximum atomic E-state index is 13.7. The standard InChI is InChI=1S/C31H41ClN6O4/c1-20-16-24(8-9-25(20)32)34-30(41)26(12-13-33)35-31(42)27-17-22-6-4-5-7-23(22)19-38(27)29(40)11-10-28(39)37-15-14-36(3)18-21(37)2/h4-9,16,21,26-27H,10-15,17-19,33H2,1-3H3,(H,34,41)(H,35,42)/t21-,26-,27-/m0/s1. The van der Waals surface area contributed by atoms with Crippen LogP contribution in [0.25, 0.3) is 0 Å². The minimum atomic E-state index is -0.895. The molecule has 0 aliphatic carbocycles. The predicted octanol–water partition coefficient (Wildman–Crippen LogP) is 2.32. The van der Waals surface area contributed by atoms with E-state index in [1.54, 1.807) is 23.1 Å². The van der Waals surface area contributed by atoms with Crippen LogP contribution in [0.3, 0.4) is 0 Å². The summed E-state index contributed by atoms with van der Waals surface area (Å²) in [4.78, 5) is 59.0. The number of rotatable bonds is 9. The van der Waals surface area contributed by atoms with E-state index in [1.165, 1.54) is 0 Å². The molecule has 2 aromatic rings. The second kappa shape index (κ2) is 14.1. The van der Waals surface area contributed by atoms with Crippen LogP contribution in [0.4, 0.5) is 5.69 Å². The van der Waals surface area contributed by atoms with Crippen molar-refractivity contribution in [2.75, 3.05) is 38.5 Å². The summed E-state index contributed by atoms with van der Waals surface area (Å²) >= 11 is 6.11. The van der Waals surface area contributed by atoms with Gasteiger partial charge in [-0.1, -0.05) is 35.9 Å². The fraction of sp³-hybridized carbons (Fsp3) is 0.484. The van der Waals surface area contributed by atoms with Crippen LogP contribution in [0.1, 0.15) is 42.9 Å². The monoisotopic (exact) mass is 596 g/mol. The zero-order chi connectivity index (χ0) is 30.4. The Hall–Kier alpha value is -3.47. The smallest absolute Gasteiger partial charge is 0.246 e. The molecular formula is C31H41ClN6O4. The van der Waals surface area contributed by atoms with Gasteiger partial charge in [0.25, 0.3) is 0 Å². The normalized spacial score (nSPS) is 19.5. The van der Waals surface area contributed by atoms with Crippen LogP contribution >= 0.6 is 11.6 Å². The Bertz CT molecular complexity index is 1320. The molecule has 42 heavy (non-hydrogen) atoms. The van der Waals surface area contributed by atoms with E-state index in [4.69, 9.17) is 17.3 Å². The topological polar surface area (TPSA) is 128 Å². The molecule has 0 saturated carbocycles. The van der Waals surface area contributed by atoms with Crippen molar-refractivity contribution < 1.29 is 19.2 Å². The first-order valence-corrected chi connectivity index (χ1v) is 14.9. The molecule has 0 radical (unpaired) electrons. The first-order valence-electron chi connectivity index (χ1n) is 14.5. The van der Waals surface area contributed by atoms with Gasteiger partial charge in [-0.3, -0.25) is 19.2 Å². The Balaban J connectivity index is 1.46. The van der Waals surface area contributed by atoms with Gasteiger partial charge in [0.15, 0.2) is 0 Å². The quantitative estimate of drug-likeness (QED) is 0.408. The number of amides is 4. The van der Waals surface area contributed by atoms with E-state index in [2.05, 4.69) is 15.5 Å². The van der Waals surface area contributed by atoms with Gasteiger partial charge in [-0.25, -0.2) is 0 Å². The third-order valence-electron chi connectivity index (χ3n) is 8.09. The molecule has 4 rings (SSSR count). The summed E-state index contributed by atoms with van der Waals surface area (Å²) in [5.74, 6) is -1.16. The van der Waals surface area contributed by atoms with Gasteiger partial charge in [0.2, 0.25) is 23.6 Å². The van der Waals surface area contributed by atoms with E-state index >= 15 is 0 Å². The number of nitrogens with two attached hydrogens (primary N) is 1. The van der Waals surface area contributed by atoms with Crippen LogP contribution in [0.2, 0.25) is 5.02 Å². The van der Waals surface area contributed by atoms with Crippen molar-refractivity contribution in [2.24, 2.45) is 5.73 Å². The number of benzene rings is 2. The zero-order valence-electron chi connectivity index (χ0n) is 24.6. The maximum absolute atomic E-state index is 13.7. The number of carbonyl (C=O) groups excluding carboxylic acids is 4. The zero-order valence-corrected chi connectivity index (χ0v) is 25.3. The second-order valence-corrected chi connectivity index (χ2v) is 11.7. The van der Waals surface area contributed by atoms with Crippen molar-refractivity contribution in [3.05, 3.63) is 64.2 Å². The van der Waals surface area contributed by atoms with Gasteiger partial charge in [0.1, 0.15) is 12.1 Å². The molecule has 2 heterocycles. The molecule has 4 amide bonds. The number of aryl methyl sites for hydroxylation is 1. The van der Waals surface area contributed by atoms with E-state index in [1.807, 2.05) is 50.1 Å². The Morgan fingerprint density at radius 3 is 2.38 bits per heavy atom. The lowest BCUT2D eigenvalue weighted by molar-refractivity contribution is -0.144. The van der Waals surface area contributed by atoms with E-state index in [0.717, 1.165) is 29.8 Å². The summed E-state index contributed by atoms with van der Waals surface area (Å²) < 4.78 is 0. The maximum Gasteiger partial charge on any atom is 0.246 e. The van der Waals surface area contributed by atoms with Crippen LogP contribution in [0.15, 0.2) is 42.5 Å². The summed E-state index contributed by atoms with van der Waals surface area (Å²) in [7, 11) is 2.03.